The number of hydrogen-bond donors (Lipinski definition) is 2. The Morgan fingerprint density at radius 2 is 1.52 bits per heavy atom. The molecule has 52 heavy (non-hydrogen) atoms. The Bertz CT molecular complexity index is 1820. The van der Waals surface area contributed by atoms with Crippen molar-refractivity contribution in [3.05, 3.63) is 47.5 Å². The number of ether oxygens (including phenoxy) is 1. The topological polar surface area (TPSA) is 163 Å². The number of nitrogens with zero attached hydrogens (tertiary/aromatic N) is 6. The van der Waals surface area contributed by atoms with Crippen LogP contribution in [0.4, 0.5) is 36.3 Å². The van der Waals surface area contributed by atoms with Gasteiger partial charge < -0.3 is 34.8 Å². The minimum atomic E-state index is -1.88. The van der Waals surface area contributed by atoms with Crippen molar-refractivity contribution in [2.75, 3.05) is 91.6 Å². The van der Waals surface area contributed by atoms with Crippen molar-refractivity contribution in [1.82, 2.24) is 15.1 Å². The fourth-order valence-electron chi connectivity index (χ4n) is 7.29. The molecule has 4 fully saturated rings. The summed E-state index contributed by atoms with van der Waals surface area (Å²) in [6, 6.07) is 6.82. The van der Waals surface area contributed by atoms with Crippen molar-refractivity contribution >= 4 is 58.3 Å². The number of amides is 4. The lowest BCUT2D eigenvalue weighted by atomic mass is 9.89. The molecule has 5 aliphatic rings. The van der Waals surface area contributed by atoms with Crippen LogP contribution >= 0.6 is 0 Å². The summed E-state index contributed by atoms with van der Waals surface area (Å²) in [5.41, 5.74) is 1.06. The number of benzene rings is 2. The summed E-state index contributed by atoms with van der Waals surface area (Å²) in [5, 5.41) is 12.1. The van der Waals surface area contributed by atoms with Gasteiger partial charge >= 0.3 is 12.1 Å². The van der Waals surface area contributed by atoms with Crippen molar-refractivity contribution in [2.45, 2.75) is 31.9 Å². The molecule has 4 amide bonds. The van der Waals surface area contributed by atoms with E-state index in [1.807, 2.05) is 9.80 Å². The van der Waals surface area contributed by atoms with Crippen LogP contribution in [0.1, 0.15) is 30.1 Å². The normalized spacial score (nSPS) is 22.4. The largest absolute Gasteiger partial charge is 0.480 e. The predicted octanol–water partition coefficient (Wildman–Crippen LogP) is 1.29. The second-order valence-corrected chi connectivity index (χ2v) is 13.7. The minimum absolute atomic E-state index is 0.0738. The molecule has 0 aromatic heterocycles. The number of cyclic esters (lactones) is 1. The van der Waals surface area contributed by atoms with Crippen LogP contribution in [-0.4, -0.2) is 135 Å². The molecule has 3 saturated heterocycles. The molecular formula is C35H39F2N7O8. The summed E-state index contributed by atoms with van der Waals surface area (Å²) in [4.78, 5) is 84.4. The zero-order valence-electron chi connectivity index (χ0n) is 28.6. The Hall–Kier alpha value is -5.32. The minimum Gasteiger partial charge on any atom is -0.480 e. The zero-order chi connectivity index (χ0) is 36.8. The van der Waals surface area contributed by atoms with Crippen molar-refractivity contribution in [3.8, 4) is 0 Å². The lowest BCUT2D eigenvalue weighted by Gasteiger charge is -2.39. The van der Waals surface area contributed by atoms with E-state index in [0.29, 0.717) is 76.6 Å². The molecule has 2 aromatic rings. The highest BCUT2D eigenvalue weighted by Gasteiger charge is 2.49. The molecule has 0 bridgehead atoms. The van der Waals surface area contributed by atoms with Crippen LogP contribution in [0.5, 0.6) is 0 Å². The average molecular weight is 724 g/mol. The van der Waals surface area contributed by atoms with Crippen molar-refractivity contribution in [1.29, 1.82) is 0 Å². The fourth-order valence-corrected chi connectivity index (χ4v) is 7.29. The smallest absolute Gasteiger partial charge is 0.414 e. The molecule has 7 rings (SSSR count). The first-order chi connectivity index (χ1) is 24.9. The van der Waals surface area contributed by atoms with E-state index < -0.39 is 47.4 Å². The Balaban J connectivity index is 0.913. The molecule has 4 heterocycles. The van der Waals surface area contributed by atoms with Gasteiger partial charge in [-0.2, -0.15) is 0 Å². The van der Waals surface area contributed by atoms with Crippen molar-refractivity contribution in [2.24, 2.45) is 5.92 Å². The molecular weight excluding hydrogens is 684 g/mol. The summed E-state index contributed by atoms with van der Waals surface area (Å²) >= 11 is 0. The van der Waals surface area contributed by atoms with Crippen LogP contribution in [0.15, 0.2) is 30.3 Å². The van der Waals surface area contributed by atoms with Gasteiger partial charge in [-0.15, -0.1) is 0 Å². The van der Waals surface area contributed by atoms with E-state index in [-0.39, 0.29) is 54.4 Å². The molecule has 17 heteroatoms. The molecule has 1 aliphatic carbocycles. The number of anilines is 4. The third-order valence-corrected chi connectivity index (χ3v) is 10.2. The predicted molar refractivity (Wildman–Crippen MR) is 183 cm³/mol. The zero-order valence-corrected chi connectivity index (χ0v) is 28.6. The number of nitrogens with one attached hydrogen (secondary N) is 1. The molecule has 2 aromatic carbocycles. The van der Waals surface area contributed by atoms with E-state index in [4.69, 9.17) is 4.74 Å². The molecule has 4 aliphatic heterocycles. The van der Waals surface area contributed by atoms with Crippen LogP contribution in [0.2, 0.25) is 0 Å². The van der Waals surface area contributed by atoms with Crippen LogP contribution in [0.3, 0.4) is 0 Å². The number of fused-ring (bicyclic) bond motifs is 1. The molecule has 276 valence electrons. The van der Waals surface area contributed by atoms with E-state index in [1.54, 1.807) is 21.9 Å². The molecule has 0 spiro atoms. The van der Waals surface area contributed by atoms with Gasteiger partial charge in [0.2, 0.25) is 17.7 Å². The molecule has 1 unspecified atom stereocenters. The van der Waals surface area contributed by atoms with Crippen LogP contribution in [0.25, 0.3) is 0 Å². The highest BCUT2D eigenvalue weighted by Crippen LogP contribution is 2.42. The highest BCUT2D eigenvalue weighted by atomic mass is 19.1. The first-order valence-corrected chi connectivity index (χ1v) is 17.4. The molecule has 2 N–H and O–H groups in total. The van der Waals surface area contributed by atoms with E-state index in [1.165, 1.54) is 28.9 Å². The third kappa shape index (κ3) is 6.83. The summed E-state index contributed by atoms with van der Waals surface area (Å²) in [6.45, 7) is 5.18. The van der Waals surface area contributed by atoms with Gasteiger partial charge in [0.05, 0.1) is 42.4 Å². The van der Waals surface area contributed by atoms with Crippen LogP contribution in [-0.2, 0) is 23.9 Å². The van der Waals surface area contributed by atoms with Gasteiger partial charge in [-0.3, -0.25) is 33.8 Å². The lowest BCUT2D eigenvalue weighted by molar-refractivity contribution is -0.144. The van der Waals surface area contributed by atoms with Crippen molar-refractivity contribution in [3.63, 3.8) is 0 Å². The number of piperazine rings is 2. The number of ketones is 1. The van der Waals surface area contributed by atoms with Gasteiger partial charge in [0, 0.05) is 70.9 Å². The number of rotatable bonds is 9. The number of Topliss-reactive ketones (excluding diaryl/α,β-unsaturated/α-hetero) is 1. The van der Waals surface area contributed by atoms with Gasteiger partial charge in [-0.05, 0) is 43.2 Å². The SMILES string of the molecule is CC(=O)NC[C@H]1CN(c2ccc(N3CCN(C(=O)CN4CCN(c5cc6c(cc5F)C(=O)C(C(=O)O)C(=O)N6C5CC5)CC4)CC3)c(F)c2)C(=O)O1. The average Bonchev–Trinajstić information content (AvgIpc) is 3.88. The van der Waals surface area contributed by atoms with Crippen molar-refractivity contribution < 1.29 is 47.4 Å². The Morgan fingerprint density at radius 3 is 2.15 bits per heavy atom. The first kappa shape index (κ1) is 35.1. The molecule has 15 nitrogen and oxygen atoms in total. The molecule has 0 radical (unpaired) electrons. The Morgan fingerprint density at radius 1 is 0.865 bits per heavy atom. The number of carbonyl (C=O) groups excluding carboxylic acids is 5. The summed E-state index contributed by atoms with van der Waals surface area (Å²) in [5.74, 6) is -6.64. The van der Waals surface area contributed by atoms with Gasteiger partial charge in [-0.1, -0.05) is 0 Å². The maximum Gasteiger partial charge on any atom is 0.414 e. The van der Waals surface area contributed by atoms with E-state index in [9.17, 15) is 33.9 Å². The maximum atomic E-state index is 15.4. The number of carbonyl (C=O) groups is 6. The van der Waals surface area contributed by atoms with Gasteiger partial charge in [0.15, 0.2) is 11.7 Å². The third-order valence-electron chi connectivity index (χ3n) is 10.2. The summed E-state index contributed by atoms with van der Waals surface area (Å²) in [6.07, 6.45) is 0.190. The van der Waals surface area contributed by atoms with Gasteiger partial charge in [-0.25, -0.2) is 13.6 Å². The monoisotopic (exact) mass is 723 g/mol. The van der Waals surface area contributed by atoms with E-state index >= 15 is 8.78 Å². The fraction of sp³-hybridized carbons (Fsp3) is 0.486. The number of aliphatic carboxylic acids is 1. The molecule has 1 saturated carbocycles. The quantitative estimate of drug-likeness (QED) is 0.359. The summed E-state index contributed by atoms with van der Waals surface area (Å²) < 4.78 is 36.0. The lowest BCUT2D eigenvalue weighted by Crippen LogP contribution is -2.54. The second-order valence-electron chi connectivity index (χ2n) is 13.7. The number of carboxylic acids is 1. The molecule has 2 atom stereocenters. The van der Waals surface area contributed by atoms with Gasteiger partial charge in [0.25, 0.3) is 0 Å². The standard InChI is InChI=1S/C35H39F2N7O8/c1-20(45)38-17-23-18-43(35(51)52-23)22-4-5-27(25(36)14-22)40-10-12-42(13-11-40)30(46)19-39-6-8-41(9-7-39)29-16-28-24(15-26(29)37)32(47)31(34(49)50)33(48)44(28)21-2-3-21/h4-5,14-16,21,23,31H,2-3,6-13,17-19H2,1H3,(H,38,45)(H,49,50)/t23-,31?/m0/s1. The summed E-state index contributed by atoms with van der Waals surface area (Å²) in [7, 11) is 0. The number of carboxylic acid groups (broad SMARTS) is 1. The first-order valence-electron chi connectivity index (χ1n) is 17.4. The number of hydrogen-bond acceptors (Lipinski definition) is 10. The van der Waals surface area contributed by atoms with Crippen LogP contribution in [0, 0.1) is 17.6 Å². The second kappa shape index (κ2) is 14.0. The van der Waals surface area contributed by atoms with E-state index in [0.717, 1.165) is 6.07 Å². The van der Waals surface area contributed by atoms with Gasteiger partial charge in [0.1, 0.15) is 17.7 Å². The Labute approximate surface area is 297 Å². The van der Waals surface area contributed by atoms with E-state index in [2.05, 4.69) is 5.32 Å². The highest BCUT2D eigenvalue weighted by molar-refractivity contribution is 6.30. The number of halogens is 2. The maximum absolute atomic E-state index is 15.4. The Kier molecular flexibility index (Phi) is 9.46. The van der Waals surface area contributed by atoms with Crippen LogP contribution < -0.4 is 24.9 Å².